The normalized spacial score (nSPS) is 11.3. The van der Waals surface area contributed by atoms with Gasteiger partial charge in [-0.15, -0.1) is 0 Å². The minimum absolute atomic E-state index is 0.0237. The average Bonchev–Trinajstić information content (AvgIpc) is 2.71. The summed E-state index contributed by atoms with van der Waals surface area (Å²) in [5, 5.41) is 2.91. The first-order chi connectivity index (χ1) is 13.8. The Morgan fingerprint density at radius 2 is 1.59 bits per heavy atom. The number of rotatable bonds is 10. The number of nitrogens with one attached hydrogen (secondary N) is 1. The smallest absolute Gasteiger partial charge is 0.264 e. The molecule has 0 aliphatic carbocycles. The lowest BCUT2D eigenvalue weighted by molar-refractivity contribution is -0.120. The van der Waals surface area contributed by atoms with E-state index in [1.165, 1.54) is 12.1 Å². The van der Waals surface area contributed by atoms with E-state index in [0.29, 0.717) is 18.0 Å². The van der Waals surface area contributed by atoms with Crippen molar-refractivity contribution in [2.45, 2.75) is 51.5 Å². The molecule has 0 aliphatic heterocycles. The molecular weight excluding hydrogens is 388 g/mol. The van der Waals surface area contributed by atoms with E-state index in [0.717, 1.165) is 22.7 Å². The van der Waals surface area contributed by atoms with E-state index in [2.05, 4.69) is 5.32 Å². The van der Waals surface area contributed by atoms with E-state index >= 15 is 0 Å². The highest BCUT2D eigenvalue weighted by Crippen LogP contribution is 2.25. The number of amides is 1. The van der Waals surface area contributed by atoms with E-state index in [-0.39, 0.29) is 23.4 Å². The standard InChI is InChI=1S/C22H30N2O4S/c1-5-18(6-2)23-22(25)16-24(19-10-8-17(4)9-11-19)29(26,27)21-14-12-20(13-15-21)28-7-3/h8-15,18H,5-7,16H2,1-4H3,(H,23,25). The fourth-order valence-corrected chi connectivity index (χ4v) is 4.35. The molecule has 0 radical (unpaired) electrons. The molecule has 0 saturated heterocycles. The van der Waals surface area contributed by atoms with Crippen LogP contribution in [0.1, 0.15) is 39.2 Å². The van der Waals surface area contributed by atoms with Crippen LogP contribution < -0.4 is 14.4 Å². The van der Waals surface area contributed by atoms with Crippen LogP contribution in [0.3, 0.4) is 0 Å². The summed E-state index contributed by atoms with van der Waals surface area (Å²) in [5.74, 6) is 0.272. The highest BCUT2D eigenvalue weighted by Gasteiger charge is 2.27. The first-order valence-electron chi connectivity index (χ1n) is 9.93. The molecule has 2 aromatic rings. The average molecular weight is 419 g/mol. The van der Waals surface area contributed by atoms with Gasteiger partial charge in [-0.3, -0.25) is 9.10 Å². The van der Waals surface area contributed by atoms with Gasteiger partial charge in [-0.25, -0.2) is 8.42 Å². The molecule has 0 fully saturated rings. The van der Waals surface area contributed by atoms with Crippen LogP contribution in [0, 0.1) is 6.92 Å². The van der Waals surface area contributed by atoms with Gasteiger partial charge in [-0.1, -0.05) is 31.5 Å². The lowest BCUT2D eigenvalue weighted by Crippen LogP contribution is -2.44. The Balaban J connectivity index is 2.37. The van der Waals surface area contributed by atoms with Crippen molar-refractivity contribution >= 4 is 21.6 Å². The number of anilines is 1. The van der Waals surface area contributed by atoms with Crippen LogP contribution in [-0.4, -0.2) is 33.5 Å². The van der Waals surface area contributed by atoms with Crippen molar-refractivity contribution in [2.75, 3.05) is 17.5 Å². The fourth-order valence-electron chi connectivity index (χ4n) is 2.92. The fraction of sp³-hybridized carbons (Fsp3) is 0.409. The second-order valence-corrected chi connectivity index (χ2v) is 8.69. The molecule has 0 spiro atoms. The van der Waals surface area contributed by atoms with E-state index in [1.54, 1.807) is 24.3 Å². The molecule has 0 atom stereocenters. The Bertz CT molecular complexity index is 889. The van der Waals surface area contributed by atoms with Gasteiger partial charge in [-0.05, 0) is 63.1 Å². The van der Waals surface area contributed by atoms with Crippen molar-refractivity contribution < 1.29 is 17.9 Å². The summed E-state index contributed by atoms with van der Waals surface area (Å²) in [7, 11) is -3.93. The number of aryl methyl sites for hydroxylation is 1. The third-order valence-corrected chi connectivity index (χ3v) is 6.47. The van der Waals surface area contributed by atoms with Crippen LogP contribution in [0.2, 0.25) is 0 Å². The lowest BCUT2D eigenvalue weighted by atomic mass is 10.2. The Kier molecular flexibility index (Phi) is 8.08. The molecule has 1 amide bonds. The van der Waals surface area contributed by atoms with Crippen LogP contribution in [-0.2, 0) is 14.8 Å². The first-order valence-corrected chi connectivity index (χ1v) is 11.4. The maximum atomic E-state index is 13.4. The number of benzene rings is 2. The highest BCUT2D eigenvalue weighted by atomic mass is 32.2. The maximum absolute atomic E-state index is 13.4. The summed E-state index contributed by atoms with van der Waals surface area (Å²) in [4.78, 5) is 12.7. The third kappa shape index (κ3) is 5.97. The zero-order chi connectivity index (χ0) is 21.4. The molecule has 2 rings (SSSR count). The van der Waals surface area contributed by atoms with Gasteiger partial charge in [0.2, 0.25) is 5.91 Å². The number of hydrogen-bond acceptors (Lipinski definition) is 4. The Morgan fingerprint density at radius 3 is 2.10 bits per heavy atom. The van der Waals surface area contributed by atoms with Gasteiger partial charge in [-0.2, -0.15) is 0 Å². The summed E-state index contributed by atoms with van der Waals surface area (Å²) >= 11 is 0. The molecule has 0 aromatic heterocycles. The minimum atomic E-state index is -3.93. The van der Waals surface area contributed by atoms with E-state index in [1.807, 2.05) is 39.8 Å². The Morgan fingerprint density at radius 1 is 1.00 bits per heavy atom. The van der Waals surface area contributed by atoms with E-state index in [9.17, 15) is 13.2 Å². The van der Waals surface area contributed by atoms with Crippen molar-refractivity contribution in [3.63, 3.8) is 0 Å². The van der Waals surface area contributed by atoms with Crippen molar-refractivity contribution in [1.82, 2.24) is 5.32 Å². The zero-order valence-corrected chi connectivity index (χ0v) is 18.3. The summed E-state index contributed by atoms with van der Waals surface area (Å²) in [6.07, 6.45) is 1.58. The third-order valence-electron chi connectivity index (χ3n) is 4.68. The zero-order valence-electron chi connectivity index (χ0n) is 17.5. The highest BCUT2D eigenvalue weighted by molar-refractivity contribution is 7.92. The number of hydrogen-bond donors (Lipinski definition) is 1. The predicted octanol–water partition coefficient (Wildman–Crippen LogP) is 3.89. The molecule has 29 heavy (non-hydrogen) atoms. The summed E-state index contributed by atoms with van der Waals surface area (Å²) in [6.45, 7) is 7.98. The lowest BCUT2D eigenvalue weighted by Gasteiger charge is -2.25. The van der Waals surface area contributed by atoms with E-state index < -0.39 is 10.0 Å². The van der Waals surface area contributed by atoms with Crippen LogP contribution in [0.25, 0.3) is 0 Å². The van der Waals surface area contributed by atoms with Gasteiger partial charge < -0.3 is 10.1 Å². The summed E-state index contributed by atoms with van der Waals surface area (Å²) in [5.41, 5.74) is 1.46. The molecule has 0 saturated carbocycles. The molecule has 2 aromatic carbocycles. The number of carbonyl (C=O) groups excluding carboxylic acids is 1. The second-order valence-electron chi connectivity index (χ2n) is 6.83. The van der Waals surface area contributed by atoms with Gasteiger partial charge in [0.05, 0.1) is 17.2 Å². The summed E-state index contributed by atoms with van der Waals surface area (Å²) < 4.78 is 33.2. The number of carbonyl (C=O) groups is 1. The van der Waals surface area contributed by atoms with Crippen LogP contribution in [0.15, 0.2) is 53.4 Å². The van der Waals surface area contributed by atoms with E-state index in [4.69, 9.17) is 4.74 Å². The molecule has 0 unspecified atom stereocenters. The minimum Gasteiger partial charge on any atom is -0.494 e. The van der Waals surface area contributed by atoms with Gasteiger partial charge >= 0.3 is 0 Å². The van der Waals surface area contributed by atoms with Crippen molar-refractivity contribution in [2.24, 2.45) is 0 Å². The molecule has 6 nitrogen and oxygen atoms in total. The Hall–Kier alpha value is -2.54. The maximum Gasteiger partial charge on any atom is 0.264 e. The van der Waals surface area contributed by atoms with Crippen molar-refractivity contribution in [1.29, 1.82) is 0 Å². The topological polar surface area (TPSA) is 75.7 Å². The monoisotopic (exact) mass is 418 g/mol. The van der Waals surface area contributed by atoms with Crippen LogP contribution in [0.4, 0.5) is 5.69 Å². The molecule has 0 heterocycles. The Labute approximate surface area is 173 Å². The van der Waals surface area contributed by atoms with Crippen LogP contribution in [0.5, 0.6) is 5.75 Å². The molecular formula is C22H30N2O4S. The SMILES string of the molecule is CCOc1ccc(S(=O)(=O)N(CC(=O)NC(CC)CC)c2ccc(C)cc2)cc1. The number of nitrogens with zero attached hydrogens (tertiary/aromatic N) is 1. The van der Waals surface area contributed by atoms with Gasteiger partial charge in [0.1, 0.15) is 12.3 Å². The predicted molar refractivity (Wildman–Crippen MR) is 116 cm³/mol. The largest absolute Gasteiger partial charge is 0.494 e. The molecule has 0 aliphatic rings. The van der Waals surface area contributed by atoms with Crippen molar-refractivity contribution in [3.8, 4) is 5.75 Å². The van der Waals surface area contributed by atoms with Crippen LogP contribution >= 0.6 is 0 Å². The molecule has 158 valence electrons. The van der Waals surface area contributed by atoms with Gasteiger partial charge in [0, 0.05) is 6.04 Å². The summed E-state index contributed by atoms with van der Waals surface area (Å²) in [6, 6.07) is 13.3. The van der Waals surface area contributed by atoms with Crippen molar-refractivity contribution in [3.05, 3.63) is 54.1 Å². The second kappa shape index (κ2) is 10.3. The number of sulfonamides is 1. The molecule has 0 bridgehead atoms. The van der Waals surface area contributed by atoms with Gasteiger partial charge in [0.25, 0.3) is 10.0 Å². The molecule has 7 heteroatoms. The molecule has 1 N–H and O–H groups in total. The quantitative estimate of drug-likeness (QED) is 0.635. The van der Waals surface area contributed by atoms with Gasteiger partial charge in [0.15, 0.2) is 0 Å². The first kappa shape index (κ1) is 22.7. The number of ether oxygens (including phenoxy) is 1.